The lowest BCUT2D eigenvalue weighted by Crippen LogP contribution is -2.58. The van der Waals surface area contributed by atoms with Crippen LogP contribution in [0.4, 0.5) is 0 Å². The van der Waals surface area contributed by atoms with E-state index in [2.05, 4.69) is 10.5 Å². The van der Waals surface area contributed by atoms with E-state index in [0.717, 1.165) is 23.4 Å². The van der Waals surface area contributed by atoms with Crippen LogP contribution in [0.2, 0.25) is 0 Å². The normalized spacial score (nSPS) is 32.1. The summed E-state index contributed by atoms with van der Waals surface area (Å²) in [7, 11) is -3.32. The van der Waals surface area contributed by atoms with Crippen LogP contribution in [0.25, 0.3) is 11.3 Å². The van der Waals surface area contributed by atoms with Crippen molar-refractivity contribution in [3.8, 4) is 11.3 Å². The van der Waals surface area contributed by atoms with Crippen molar-refractivity contribution in [3.63, 3.8) is 0 Å². The van der Waals surface area contributed by atoms with Crippen molar-refractivity contribution in [2.75, 3.05) is 6.26 Å². The lowest BCUT2D eigenvalue weighted by Gasteiger charge is -2.57. The van der Waals surface area contributed by atoms with Gasteiger partial charge in [0.2, 0.25) is 0 Å². The van der Waals surface area contributed by atoms with E-state index in [0.29, 0.717) is 17.9 Å². The lowest BCUT2D eigenvalue weighted by atomic mass is 9.53. The minimum Gasteiger partial charge on any atom is -0.356 e. The van der Waals surface area contributed by atoms with Gasteiger partial charge in [-0.25, -0.2) is 8.42 Å². The lowest BCUT2D eigenvalue weighted by molar-refractivity contribution is -0.0208. The predicted molar refractivity (Wildman–Crippen MR) is 103 cm³/mol. The number of sulfone groups is 1. The average Bonchev–Trinajstić information content (AvgIpc) is 3.07. The Balaban J connectivity index is 1.34. The molecule has 0 radical (unpaired) electrons. The molecule has 1 heterocycles. The van der Waals surface area contributed by atoms with Crippen molar-refractivity contribution in [1.82, 2.24) is 10.5 Å². The number of benzene rings is 1. The van der Waals surface area contributed by atoms with Gasteiger partial charge in [0, 0.05) is 30.0 Å². The van der Waals surface area contributed by atoms with Gasteiger partial charge in [-0.2, -0.15) is 0 Å². The Morgan fingerprint density at radius 1 is 1.11 bits per heavy atom. The molecule has 144 valence electrons. The molecule has 5 nitrogen and oxygen atoms in total. The first-order valence-electron chi connectivity index (χ1n) is 9.90. The number of aromatic nitrogens is 1. The molecule has 1 aromatic heterocycles. The predicted octanol–water partition coefficient (Wildman–Crippen LogP) is 3.80. The van der Waals surface area contributed by atoms with Crippen molar-refractivity contribution >= 4 is 9.84 Å². The second kappa shape index (κ2) is 6.17. The summed E-state index contributed by atoms with van der Waals surface area (Å²) in [5.74, 6) is 3.22. The van der Waals surface area contributed by atoms with Gasteiger partial charge >= 0.3 is 0 Å². The Kier molecular flexibility index (Phi) is 3.99. The quantitative estimate of drug-likeness (QED) is 0.846. The van der Waals surface area contributed by atoms with Gasteiger partial charge in [-0.05, 0) is 68.4 Å². The molecule has 4 bridgehead atoms. The zero-order valence-electron chi connectivity index (χ0n) is 15.6. The van der Waals surface area contributed by atoms with Gasteiger partial charge in [-0.1, -0.05) is 17.3 Å². The highest BCUT2D eigenvalue weighted by Gasteiger charge is 2.50. The topological polar surface area (TPSA) is 72.2 Å². The molecule has 6 rings (SSSR count). The van der Waals surface area contributed by atoms with Crippen molar-refractivity contribution in [1.29, 1.82) is 0 Å². The van der Waals surface area contributed by atoms with Gasteiger partial charge in [0.05, 0.1) is 10.6 Å². The minimum absolute atomic E-state index is 0.276. The number of hydrogen-bond donors (Lipinski definition) is 1. The number of nitrogens with zero attached hydrogens (tertiary/aromatic N) is 1. The molecule has 1 aromatic carbocycles. The smallest absolute Gasteiger partial charge is 0.176 e. The molecule has 6 heteroatoms. The van der Waals surface area contributed by atoms with Crippen LogP contribution in [0.3, 0.4) is 0 Å². The molecule has 0 amide bonds. The SMILES string of the molecule is CS(=O)(=O)c1ccccc1-c1cc(CNC23CC4CC(CC(C4)C2)C3)no1. The zero-order valence-corrected chi connectivity index (χ0v) is 16.5. The standard InChI is InChI=1S/C21H26N2O3S/c1-27(24,25)20-5-3-2-4-18(20)19-9-17(23-26-19)13-22-21-10-14-6-15(11-21)8-16(7-14)12-21/h2-5,9,14-16,22H,6-8,10-13H2,1H3. The summed E-state index contributed by atoms with van der Waals surface area (Å²) in [4.78, 5) is 0.279. The Hall–Kier alpha value is -1.66. The van der Waals surface area contributed by atoms with E-state index in [9.17, 15) is 8.42 Å². The summed E-state index contributed by atoms with van der Waals surface area (Å²) in [6.45, 7) is 0.677. The van der Waals surface area contributed by atoms with Crippen LogP contribution in [-0.4, -0.2) is 25.4 Å². The second-order valence-electron chi connectivity index (χ2n) is 9.00. The van der Waals surface area contributed by atoms with Crippen LogP contribution >= 0.6 is 0 Å². The fraction of sp³-hybridized carbons (Fsp3) is 0.571. The monoisotopic (exact) mass is 386 g/mol. The number of hydrogen-bond acceptors (Lipinski definition) is 5. The first-order valence-corrected chi connectivity index (χ1v) is 11.8. The van der Waals surface area contributed by atoms with Crippen LogP contribution in [-0.2, 0) is 16.4 Å². The molecule has 0 aliphatic heterocycles. The molecule has 4 saturated carbocycles. The molecular formula is C21H26N2O3S. The Bertz CT molecular complexity index is 928. The average molecular weight is 387 g/mol. The highest BCUT2D eigenvalue weighted by Crippen LogP contribution is 2.55. The largest absolute Gasteiger partial charge is 0.356 e. The van der Waals surface area contributed by atoms with E-state index in [1.54, 1.807) is 18.2 Å². The third-order valence-electron chi connectivity index (χ3n) is 6.79. The van der Waals surface area contributed by atoms with Crippen molar-refractivity contribution in [3.05, 3.63) is 36.0 Å². The first-order chi connectivity index (χ1) is 12.9. The summed E-state index contributed by atoms with van der Waals surface area (Å²) in [6.07, 6.45) is 9.38. The van der Waals surface area contributed by atoms with Crippen LogP contribution in [0.1, 0.15) is 44.2 Å². The second-order valence-corrected chi connectivity index (χ2v) is 11.0. The Morgan fingerprint density at radius 3 is 2.37 bits per heavy atom. The fourth-order valence-corrected chi connectivity index (χ4v) is 7.01. The highest BCUT2D eigenvalue weighted by atomic mass is 32.2. The molecule has 0 saturated heterocycles. The van der Waals surface area contributed by atoms with E-state index >= 15 is 0 Å². The van der Waals surface area contributed by atoms with Crippen LogP contribution < -0.4 is 5.32 Å². The molecule has 4 aliphatic carbocycles. The molecule has 4 aliphatic rings. The molecule has 2 aromatic rings. The van der Waals surface area contributed by atoms with E-state index in [4.69, 9.17) is 4.52 Å². The molecule has 4 fully saturated rings. The van der Waals surface area contributed by atoms with Gasteiger partial charge in [0.1, 0.15) is 0 Å². The van der Waals surface area contributed by atoms with Crippen molar-refractivity contribution in [2.24, 2.45) is 17.8 Å². The summed E-state index contributed by atoms with van der Waals surface area (Å²) in [6, 6.07) is 8.80. The summed E-state index contributed by atoms with van der Waals surface area (Å²) < 4.78 is 29.6. The van der Waals surface area contributed by atoms with Crippen LogP contribution in [0.5, 0.6) is 0 Å². The van der Waals surface area contributed by atoms with Crippen LogP contribution in [0.15, 0.2) is 39.8 Å². The third kappa shape index (κ3) is 3.23. The zero-order chi connectivity index (χ0) is 18.6. The van der Waals surface area contributed by atoms with E-state index in [-0.39, 0.29) is 10.4 Å². The Labute approximate surface area is 160 Å². The highest BCUT2D eigenvalue weighted by molar-refractivity contribution is 7.90. The first kappa shape index (κ1) is 17.4. The van der Waals surface area contributed by atoms with Gasteiger partial charge in [0.15, 0.2) is 15.6 Å². The maximum absolute atomic E-state index is 12.0. The maximum Gasteiger partial charge on any atom is 0.176 e. The van der Waals surface area contributed by atoms with E-state index < -0.39 is 9.84 Å². The van der Waals surface area contributed by atoms with Crippen molar-refractivity contribution in [2.45, 2.75) is 55.5 Å². The van der Waals surface area contributed by atoms with Gasteiger partial charge < -0.3 is 9.84 Å². The van der Waals surface area contributed by atoms with Gasteiger partial charge in [-0.3, -0.25) is 0 Å². The number of nitrogens with one attached hydrogen (secondary N) is 1. The van der Waals surface area contributed by atoms with Gasteiger partial charge in [-0.15, -0.1) is 0 Å². The van der Waals surface area contributed by atoms with Crippen molar-refractivity contribution < 1.29 is 12.9 Å². The molecule has 0 unspecified atom stereocenters. The molecule has 0 atom stereocenters. The number of rotatable bonds is 5. The van der Waals surface area contributed by atoms with Crippen LogP contribution in [0, 0.1) is 17.8 Å². The van der Waals surface area contributed by atoms with E-state index in [1.165, 1.54) is 44.8 Å². The third-order valence-corrected chi connectivity index (χ3v) is 7.95. The molecular weight excluding hydrogens is 360 g/mol. The van der Waals surface area contributed by atoms with E-state index in [1.807, 2.05) is 12.1 Å². The summed E-state index contributed by atoms with van der Waals surface area (Å²) >= 11 is 0. The Morgan fingerprint density at radius 2 is 1.74 bits per heavy atom. The molecule has 27 heavy (non-hydrogen) atoms. The molecule has 0 spiro atoms. The van der Waals surface area contributed by atoms with Gasteiger partial charge in [0.25, 0.3) is 0 Å². The summed E-state index contributed by atoms with van der Waals surface area (Å²) in [5.41, 5.74) is 1.69. The summed E-state index contributed by atoms with van der Waals surface area (Å²) in [5, 5.41) is 8.01. The minimum atomic E-state index is -3.32. The molecule has 1 N–H and O–H groups in total. The fourth-order valence-electron chi connectivity index (χ4n) is 6.12. The maximum atomic E-state index is 12.0.